The monoisotopic (exact) mass is 453 g/mol. The second-order valence-electron chi connectivity index (χ2n) is 9.55. The van der Waals surface area contributed by atoms with Crippen molar-refractivity contribution in [3.63, 3.8) is 0 Å². The first-order valence-corrected chi connectivity index (χ1v) is 14.6. The fraction of sp³-hybridized carbons (Fsp3) is 0.682. The number of fused-ring (bicyclic) bond motifs is 1. The molecule has 1 aromatic carbocycles. The molecular formula is C22H36FN3O4Si. The minimum absolute atomic E-state index is 0.178. The van der Waals surface area contributed by atoms with Crippen molar-refractivity contribution in [2.75, 3.05) is 38.8 Å². The number of piperidine rings is 1. The van der Waals surface area contributed by atoms with Crippen molar-refractivity contribution in [2.24, 2.45) is 13.0 Å². The lowest BCUT2D eigenvalue weighted by Gasteiger charge is -2.36. The number of ether oxygens (including phenoxy) is 3. The first kappa shape index (κ1) is 24.0. The lowest BCUT2D eigenvalue weighted by molar-refractivity contribution is -0.141. The Morgan fingerprint density at radius 3 is 2.39 bits per heavy atom. The molecule has 7 nitrogen and oxygen atoms in total. The number of methoxy groups -OCH3 is 2. The molecule has 1 aromatic heterocycles. The molecule has 1 saturated heterocycles. The molecule has 174 valence electrons. The van der Waals surface area contributed by atoms with Gasteiger partial charge in [0.2, 0.25) is 0 Å². The van der Waals surface area contributed by atoms with Gasteiger partial charge >= 0.3 is 5.69 Å². The second-order valence-corrected chi connectivity index (χ2v) is 15.2. The van der Waals surface area contributed by atoms with Crippen LogP contribution in [0.15, 0.2) is 16.9 Å². The maximum Gasteiger partial charge on any atom is 0.330 e. The molecule has 9 heteroatoms. The van der Waals surface area contributed by atoms with Crippen LogP contribution in [-0.2, 0) is 28.0 Å². The highest BCUT2D eigenvalue weighted by Gasteiger charge is 2.29. The second kappa shape index (κ2) is 9.85. The number of hydrogen-bond donors (Lipinski definition) is 0. The Morgan fingerprint density at radius 1 is 1.16 bits per heavy atom. The Kier molecular flexibility index (Phi) is 7.62. The zero-order chi connectivity index (χ0) is 22.8. The number of aryl methyl sites for hydroxylation is 1. The third-order valence-corrected chi connectivity index (χ3v) is 7.85. The zero-order valence-electron chi connectivity index (χ0n) is 19.6. The van der Waals surface area contributed by atoms with Gasteiger partial charge in [0, 0.05) is 55.0 Å². The average molecular weight is 454 g/mol. The van der Waals surface area contributed by atoms with E-state index in [2.05, 4.69) is 19.6 Å². The van der Waals surface area contributed by atoms with Crippen molar-refractivity contribution in [2.45, 2.75) is 51.5 Å². The first-order chi connectivity index (χ1) is 14.7. The molecule has 0 radical (unpaired) electrons. The van der Waals surface area contributed by atoms with Crippen molar-refractivity contribution in [3.05, 3.63) is 28.4 Å². The molecule has 0 N–H and O–H groups in total. The molecule has 2 heterocycles. The molecule has 1 fully saturated rings. The maximum absolute atomic E-state index is 15.0. The number of benzene rings is 1. The van der Waals surface area contributed by atoms with Gasteiger partial charge < -0.3 is 19.1 Å². The number of rotatable bonds is 9. The minimum Gasteiger partial charge on any atom is -0.367 e. The van der Waals surface area contributed by atoms with Gasteiger partial charge in [0.15, 0.2) is 6.29 Å². The van der Waals surface area contributed by atoms with Crippen LogP contribution < -0.4 is 10.6 Å². The van der Waals surface area contributed by atoms with Gasteiger partial charge in [-0.2, -0.15) is 0 Å². The standard InChI is InChI=1S/C22H36FN3O4Si/c1-24-20-18(26(22(24)27)15-30-13-14-31(4,5)6)8-7-17(23)19(20)25-11-9-16(10-12-25)21(28-2)29-3/h7-8,16,21H,9-15H2,1-6H3. The Labute approximate surface area is 184 Å². The Balaban J connectivity index is 1.85. The van der Waals surface area contributed by atoms with Crippen LogP contribution in [0.25, 0.3) is 11.0 Å². The minimum atomic E-state index is -1.21. The number of anilines is 1. The molecular weight excluding hydrogens is 417 g/mol. The maximum atomic E-state index is 15.0. The Morgan fingerprint density at radius 2 is 1.81 bits per heavy atom. The van der Waals surface area contributed by atoms with Gasteiger partial charge in [0.05, 0.1) is 16.7 Å². The van der Waals surface area contributed by atoms with Gasteiger partial charge in [-0.1, -0.05) is 19.6 Å². The number of nitrogens with zero attached hydrogens (tertiary/aromatic N) is 3. The van der Waals surface area contributed by atoms with Crippen LogP contribution >= 0.6 is 0 Å². The van der Waals surface area contributed by atoms with E-state index >= 15 is 4.39 Å². The Bertz CT molecular complexity index is 941. The number of hydrogen-bond acceptors (Lipinski definition) is 5. The number of halogens is 1. The van der Waals surface area contributed by atoms with E-state index in [1.807, 2.05) is 4.90 Å². The van der Waals surface area contributed by atoms with Gasteiger partial charge in [0.1, 0.15) is 12.5 Å². The topological polar surface area (TPSA) is 57.9 Å². The predicted molar refractivity (Wildman–Crippen MR) is 124 cm³/mol. The summed E-state index contributed by atoms with van der Waals surface area (Å²) >= 11 is 0. The van der Waals surface area contributed by atoms with Gasteiger partial charge in [0.25, 0.3) is 0 Å². The van der Waals surface area contributed by atoms with E-state index in [0.717, 1.165) is 18.9 Å². The smallest absolute Gasteiger partial charge is 0.330 e. The summed E-state index contributed by atoms with van der Waals surface area (Å²) < 4.78 is 34.8. The van der Waals surface area contributed by atoms with Crippen LogP contribution in [0.3, 0.4) is 0 Å². The van der Waals surface area contributed by atoms with E-state index in [9.17, 15) is 4.79 Å². The number of imidazole rings is 1. The normalized spacial score (nSPS) is 16.1. The SMILES string of the molecule is COC(OC)C1CCN(c2c(F)ccc3c2n(C)c(=O)n3COCC[Si](C)(C)C)CC1. The molecule has 1 aliphatic rings. The van der Waals surface area contributed by atoms with E-state index in [-0.39, 0.29) is 30.4 Å². The highest BCUT2D eigenvalue weighted by molar-refractivity contribution is 6.76. The average Bonchev–Trinajstić information content (AvgIpc) is 2.97. The van der Waals surface area contributed by atoms with E-state index in [4.69, 9.17) is 14.2 Å². The van der Waals surface area contributed by atoms with Crippen LogP contribution in [-0.4, -0.2) is 57.4 Å². The summed E-state index contributed by atoms with van der Waals surface area (Å²) in [5.41, 5.74) is 1.62. The lowest BCUT2D eigenvalue weighted by Crippen LogP contribution is -2.39. The summed E-state index contributed by atoms with van der Waals surface area (Å²) in [7, 11) is 3.78. The molecule has 3 rings (SSSR count). The molecule has 0 saturated carbocycles. The fourth-order valence-corrected chi connectivity index (χ4v) is 5.07. The molecule has 1 aliphatic heterocycles. The molecule has 31 heavy (non-hydrogen) atoms. The summed E-state index contributed by atoms with van der Waals surface area (Å²) in [4.78, 5) is 15.0. The van der Waals surface area contributed by atoms with Crippen LogP contribution in [0.4, 0.5) is 10.1 Å². The highest BCUT2D eigenvalue weighted by Crippen LogP contribution is 2.33. The lowest BCUT2D eigenvalue weighted by atomic mass is 9.95. The van der Waals surface area contributed by atoms with Crippen molar-refractivity contribution in [1.82, 2.24) is 9.13 Å². The van der Waals surface area contributed by atoms with Crippen LogP contribution in [0.5, 0.6) is 0 Å². The highest BCUT2D eigenvalue weighted by atomic mass is 28.3. The van der Waals surface area contributed by atoms with Gasteiger partial charge in [-0.25, -0.2) is 9.18 Å². The Hall–Kier alpha value is -1.68. The van der Waals surface area contributed by atoms with Crippen molar-refractivity contribution < 1.29 is 18.6 Å². The van der Waals surface area contributed by atoms with Crippen LogP contribution in [0, 0.1) is 11.7 Å². The largest absolute Gasteiger partial charge is 0.367 e. The zero-order valence-corrected chi connectivity index (χ0v) is 20.6. The van der Waals surface area contributed by atoms with Gasteiger partial charge in [-0.05, 0) is 31.0 Å². The molecule has 2 aromatic rings. The van der Waals surface area contributed by atoms with E-state index in [1.165, 1.54) is 10.6 Å². The molecule has 0 atom stereocenters. The van der Waals surface area contributed by atoms with E-state index in [1.54, 1.807) is 31.9 Å². The van der Waals surface area contributed by atoms with Gasteiger partial charge in [-0.15, -0.1) is 0 Å². The van der Waals surface area contributed by atoms with E-state index < -0.39 is 8.07 Å². The van der Waals surface area contributed by atoms with Crippen molar-refractivity contribution >= 4 is 24.8 Å². The summed E-state index contributed by atoms with van der Waals surface area (Å²) in [5.74, 6) is -0.0462. The molecule has 0 bridgehead atoms. The molecule has 0 spiro atoms. The molecule has 0 aliphatic carbocycles. The predicted octanol–water partition coefficient (Wildman–Crippen LogP) is 3.63. The van der Waals surface area contributed by atoms with Crippen molar-refractivity contribution in [3.8, 4) is 0 Å². The van der Waals surface area contributed by atoms with Gasteiger partial charge in [-0.3, -0.25) is 9.13 Å². The number of aromatic nitrogens is 2. The molecule has 0 unspecified atom stereocenters. The molecule has 0 amide bonds. The first-order valence-electron chi connectivity index (χ1n) is 10.9. The van der Waals surface area contributed by atoms with Crippen LogP contribution in [0.1, 0.15) is 12.8 Å². The van der Waals surface area contributed by atoms with E-state index in [0.29, 0.717) is 36.4 Å². The van der Waals surface area contributed by atoms with Crippen LogP contribution in [0.2, 0.25) is 25.7 Å². The summed E-state index contributed by atoms with van der Waals surface area (Å²) in [6.45, 7) is 9.03. The quantitative estimate of drug-likeness (QED) is 0.330. The summed E-state index contributed by atoms with van der Waals surface area (Å²) in [5, 5.41) is 0. The summed E-state index contributed by atoms with van der Waals surface area (Å²) in [6, 6.07) is 4.16. The summed E-state index contributed by atoms with van der Waals surface area (Å²) in [6.07, 6.45) is 1.41. The third kappa shape index (κ3) is 5.22. The van der Waals surface area contributed by atoms with Crippen molar-refractivity contribution in [1.29, 1.82) is 0 Å². The third-order valence-electron chi connectivity index (χ3n) is 6.15. The fourth-order valence-electron chi connectivity index (χ4n) is 4.31.